The lowest BCUT2D eigenvalue weighted by atomic mass is 9.90. The Kier molecular flexibility index (Phi) is 5.94. The Labute approximate surface area is 145 Å². The van der Waals surface area contributed by atoms with Crippen molar-refractivity contribution in [2.75, 3.05) is 0 Å². The third-order valence-electron chi connectivity index (χ3n) is 4.75. The third-order valence-corrected chi connectivity index (χ3v) is 4.75. The van der Waals surface area contributed by atoms with Crippen LogP contribution in [0.3, 0.4) is 0 Å². The second-order valence-corrected chi connectivity index (χ2v) is 6.80. The first-order valence-electron chi connectivity index (χ1n) is 9.02. The van der Waals surface area contributed by atoms with Crippen molar-refractivity contribution < 1.29 is 0 Å². The molecule has 24 heavy (non-hydrogen) atoms. The maximum atomic E-state index is 4.59. The summed E-state index contributed by atoms with van der Waals surface area (Å²) >= 11 is 0. The number of pyridine rings is 2. The van der Waals surface area contributed by atoms with Crippen LogP contribution < -0.4 is 10.6 Å². The summed E-state index contributed by atoms with van der Waals surface area (Å²) in [6.07, 6.45) is 5.06. The number of nitrogens with zero attached hydrogens (tertiary/aromatic N) is 2. The third kappa shape index (κ3) is 4.86. The number of aryl methyl sites for hydroxylation is 2. The molecule has 0 aliphatic heterocycles. The van der Waals surface area contributed by atoms with Crippen molar-refractivity contribution in [3.63, 3.8) is 0 Å². The van der Waals surface area contributed by atoms with Crippen LogP contribution in [0.4, 0.5) is 0 Å². The highest BCUT2D eigenvalue weighted by Crippen LogP contribution is 2.19. The van der Waals surface area contributed by atoms with Gasteiger partial charge in [-0.05, 0) is 51.0 Å². The Hall–Kier alpha value is -1.78. The highest BCUT2D eigenvalue weighted by Gasteiger charge is 2.24. The van der Waals surface area contributed by atoms with Crippen LogP contribution in [0.25, 0.3) is 0 Å². The molecule has 0 saturated heterocycles. The van der Waals surface area contributed by atoms with Gasteiger partial charge >= 0.3 is 0 Å². The van der Waals surface area contributed by atoms with Crippen LogP contribution in [0, 0.1) is 13.8 Å². The van der Waals surface area contributed by atoms with Crippen molar-refractivity contribution >= 4 is 0 Å². The van der Waals surface area contributed by atoms with Crippen molar-refractivity contribution in [3.05, 3.63) is 59.2 Å². The van der Waals surface area contributed by atoms with E-state index in [1.165, 1.54) is 25.7 Å². The van der Waals surface area contributed by atoms with E-state index >= 15 is 0 Å². The van der Waals surface area contributed by atoms with Crippen molar-refractivity contribution in [1.29, 1.82) is 0 Å². The lowest BCUT2D eigenvalue weighted by Gasteiger charge is -2.33. The summed E-state index contributed by atoms with van der Waals surface area (Å²) < 4.78 is 0. The van der Waals surface area contributed by atoms with Crippen LogP contribution in [0.2, 0.25) is 0 Å². The van der Waals surface area contributed by atoms with Gasteiger partial charge in [0.25, 0.3) is 0 Å². The number of rotatable bonds is 6. The van der Waals surface area contributed by atoms with Crippen LogP contribution in [0.15, 0.2) is 36.4 Å². The topological polar surface area (TPSA) is 49.8 Å². The van der Waals surface area contributed by atoms with Gasteiger partial charge in [-0.15, -0.1) is 0 Å². The smallest absolute Gasteiger partial charge is 0.0544 e. The molecule has 0 spiro atoms. The number of aromatic nitrogens is 2. The lowest BCUT2D eigenvalue weighted by molar-refractivity contribution is 0.279. The number of hydrogen-bond donors (Lipinski definition) is 2. The number of nitrogens with one attached hydrogen (secondary N) is 2. The minimum atomic E-state index is 0.505. The predicted octanol–water partition coefficient (Wildman–Crippen LogP) is 3.28. The van der Waals surface area contributed by atoms with Crippen LogP contribution in [-0.4, -0.2) is 22.1 Å². The largest absolute Gasteiger partial charge is 0.307 e. The fraction of sp³-hybridized carbons (Fsp3) is 0.500. The molecular formula is C20H28N4. The summed E-state index contributed by atoms with van der Waals surface area (Å²) in [4.78, 5) is 9.19. The Balaban J connectivity index is 1.55. The summed E-state index contributed by atoms with van der Waals surface area (Å²) in [6.45, 7) is 5.77. The molecule has 2 N–H and O–H groups in total. The molecule has 0 bridgehead atoms. The fourth-order valence-electron chi connectivity index (χ4n) is 3.49. The summed E-state index contributed by atoms with van der Waals surface area (Å²) in [5.41, 5.74) is 4.41. The number of hydrogen-bond acceptors (Lipinski definition) is 4. The van der Waals surface area contributed by atoms with Crippen molar-refractivity contribution in [2.45, 2.75) is 64.7 Å². The highest BCUT2D eigenvalue weighted by atomic mass is 15.0. The average molecular weight is 324 g/mol. The van der Waals surface area contributed by atoms with Crippen LogP contribution in [0.5, 0.6) is 0 Å². The Morgan fingerprint density at radius 2 is 1.25 bits per heavy atom. The molecule has 2 atom stereocenters. The molecule has 2 unspecified atom stereocenters. The summed E-state index contributed by atoms with van der Waals surface area (Å²) in [7, 11) is 0. The highest BCUT2D eigenvalue weighted by molar-refractivity contribution is 5.11. The molecule has 0 amide bonds. The minimum Gasteiger partial charge on any atom is -0.307 e. The normalized spacial score (nSPS) is 20.9. The summed E-state index contributed by atoms with van der Waals surface area (Å²) in [5, 5.41) is 7.43. The van der Waals surface area contributed by atoms with Gasteiger partial charge in [-0.25, -0.2) is 0 Å². The molecule has 1 aliphatic rings. The van der Waals surface area contributed by atoms with Crippen molar-refractivity contribution in [3.8, 4) is 0 Å². The van der Waals surface area contributed by atoms with E-state index in [0.717, 1.165) is 35.9 Å². The molecule has 3 rings (SSSR count). The second-order valence-electron chi connectivity index (χ2n) is 6.80. The average Bonchev–Trinajstić information content (AvgIpc) is 2.59. The van der Waals surface area contributed by atoms with E-state index in [1.54, 1.807) is 0 Å². The maximum Gasteiger partial charge on any atom is 0.0544 e. The first-order chi connectivity index (χ1) is 11.7. The molecule has 0 radical (unpaired) electrons. The Morgan fingerprint density at radius 3 is 1.67 bits per heavy atom. The summed E-state index contributed by atoms with van der Waals surface area (Å²) in [5.74, 6) is 0. The molecular weight excluding hydrogens is 296 g/mol. The Bertz CT molecular complexity index is 598. The lowest BCUT2D eigenvalue weighted by Crippen LogP contribution is -2.49. The van der Waals surface area contributed by atoms with Gasteiger partial charge in [0, 0.05) is 36.6 Å². The van der Waals surface area contributed by atoms with Crippen molar-refractivity contribution in [1.82, 2.24) is 20.6 Å². The predicted molar refractivity (Wildman–Crippen MR) is 97.7 cm³/mol. The molecule has 128 valence electrons. The van der Waals surface area contributed by atoms with Crippen LogP contribution >= 0.6 is 0 Å². The van der Waals surface area contributed by atoms with E-state index in [4.69, 9.17) is 0 Å². The zero-order valence-corrected chi connectivity index (χ0v) is 14.8. The van der Waals surface area contributed by atoms with E-state index in [2.05, 4.69) is 44.9 Å². The van der Waals surface area contributed by atoms with Crippen molar-refractivity contribution in [2.24, 2.45) is 0 Å². The summed E-state index contributed by atoms with van der Waals surface area (Å²) in [6, 6.07) is 13.5. The molecule has 2 aromatic heterocycles. The second kappa shape index (κ2) is 8.36. The molecule has 2 aromatic rings. The van der Waals surface area contributed by atoms with E-state index in [1.807, 2.05) is 26.0 Å². The zero-order valence-electron chi connectivity index (χ0n) is 14.8. The van der Waals surface area contributed by atoms with Gasteiger partial charge in [0.05, 0.1) is 11.4 Å². The molecule has 1 fully saturated rings. The van der Waals surface area contributed by atoms with E-state index < -0.39 is 0 Å². The monoisotopic (exact) mass is 324 g/mol. The van der Waals surface area contributed by atoms with Gasteiger partial charge in [0.2, 0.25) is 0 Å². The molecule has 4 heteroatoms. The minimum absolute atomic E-state index is 0.505. The quantitative estimate of drug-likeness (QED) is 0.856. The molecule has 4 nitrogen and oxygen atoms in total. The zero-order chi connectivity index (χ0) is 16.8. The van der Waals surface area contributed by atoms with Gasteiger partial charge in [0.15, 0.2) is 0 Å². The maximum absolute atomic E-state index is 4.59. The standard InChI is InChI=1S/C20H28N4/c1-15-7-5-9-17(23-15)13-21-19-11-3-4-12-20(19)22-14-18-10-6-8-16(2)24-18/h5-10,19-22H,3-4,11-14H2,1-2H3. The van der Waals surface area contributed by atoms with Gasteiger partial charge < -0.3 is 10.6 Å². The Morgan fingerprint density at radius 1 is 0.792 bits per heavy atom. The van der Waals surface area contributed by atoms with Gasteiger partial charge in [-0.2, -0.15) is 0 Å². The van der Waals surface area contributed by atoms with Gasteiger partial charge in [0.1, 0.15) is 0 Å². The van der Waals surface area contributed by atoms with Gasteiger partial charge in [-0.3, -0.25) is 9.97 Å². The fourth-order valence-corrected chi connectivity index (χ4v) is 3.49. The molecule has 1 saturated carbocycles. The van der Waals surface area contributed by atoms with Crippen LogP contribution in [-0.2, 0) is 13.1 Å². The van der Waals surface area contributed by atoms with E-state index in [-0.39, 0.29) is 0 Å². The van der Waals surface area contributed by atoms with Crippen LogP contribution in [0.1, 0.15) is 48.5 Å². The molecule has 2 heterocycles. The van der Waals surface area contributed by atoms with E-state index in [9.17, 15) is 0 Å². The first-order valence-corrected chi connectivity index (χ1v) is 9.02. The molecule has 0 aromatic carbocycles. The SMILES string of the molecule is Cc1cccc(CNC2CCCCC2NCc2cccc(C)n2)n1. The van der Waals surface area contributed by atoms with E-state index in [0.29, 0.717) is 12.1 Å². The van der Waals surface area contributed by atoms with Gasteiger partial charge in [-0.1, -0.05) is 25.0 Å². The first kappa shape index (κ1) is 17.1. The molecule has 1 aliphatic carbocycles.